The van der Waals surface area contributed by atoms with Crippen molar-refractivity contribution in [3.8, 4) is 5.75 Å². The average Bonchev–Trinajstić information content (AvgIpc) is 2.96. The number of hydrogen-bond donors (Lipinski definition) is 1. The molecule has 1 aliphatic carbocycles. The molecular formula is C21H23NO3. The van der Waals surface area contributed by atoms with Crippen molar-refractivity contribution in [1.29, 1.82) is 0 Å². The third-order valence-corrected chi connectivity index (χ3v) is 4.36. The van der Waals surface area contributed by atoms with Crippen LogP contribution in [0.3, 0.4) is 0 Å². The topological polar surface area (TPSA) is 47.6 Å². The molecule has 0 aliphatic heterocycles. The number of likely N-dealkylation sites (N-methyl/N-ethyl adjacent to an activating group) is 1. The largest absolute Gasteiger partial charge is 0.497 e. The summed E-state index contributed by atoms with van der Waals surface area (Å²) in [5.41, 5.74) is 4.70. The van der Waals surface area contributed by atoms with Crippen molar-refractivity contribution in [2.45, 2.75) is 19.9 Å². The van der Waals surface area contributed by atoms with E-state index < -0.39 is 0 Å². The van der Waals surface area contributed by atoms with Gasteiger partial charge in [-0.15, -0.1) is 0 Å². The minimum absolute atomic E-state index is 0.204. The molecule has 0 bridgehead atoms. The van der Waals surface area contributed by atoms with Crippen molar-refractivity contribution >= 4 is 11.5 Å². The highest BCUT2D eigenvalue weighted by atomic mass is 16.5. The van der Waals surface area contributed by atoms with Crippen LogP contribution in [0.15, 0.2) is 54.1 Å². The van der Waals surface area contributed by atoms with Crippen molar-refractivity contribution in [3.05, 3.63) is 70.8 Å². The zero-order valence-corrected chi connectivity index (χ0v) is 14.8. The Balaban J connectivity index is 2.23. The van der Waals surface area contributed by atoms with Gasteiger partial charge in [0.05, 0.1) is 25.3 Å². The summed E-state index contributed by atoms with van der Waals surface area (Å²) in [5.74, 6) is 0.502. The molecule has 4 nitrogen and oxygen atoms in total. The van der Waals surface area contributed by atoms with Crippen LogP contribution < -0.4 is 10.1 Å². The normalized spacial score (nSPS) is 15.9. The van der Waals surface area contributed by atoms with Gasteiger partial charge in [0, 0.05) is 5.57 Å². The minimum atomic E-state index is -0.275. The lowest BCUT2D eigenvalue weighted by molar-refractivity contribution is -0.138. The van der Waals surface area contributed by atoms with E-state index in [-0.39, 0.29) is 12.0 Å². The number of carbonyl (C=O) groups is 1. The molecule has 2 aromatic rings. The summed E-state index contributed by atoms with van der Waals surface area (Å²) in [7, 11) is 1.65. The van der Waals surface area contributed by atoms with Crippen LogP contribution in [0.25, 0.3) is 5.57 Å². The molecule has 0 heterocycles. The minimum Gasteiger partial charge on any atom is -0.497 e. The van der Waals surface area contributed by atoms with Crippen LogP contribution in [0.2, 0.25) is 0 Å². The second-order valence-electron chi connectivity index (χ2n) is 5.82. The Morgan fingerprint density at radius 1 is 1.12 bits per heavy atom. The van der Waals surface area contributed by atoms with Gasteiger partial charge in [0.25, 0.3) is 0 Å². The number of hydrogen-bond acceptors (Lipinski definition) is 4. The zero-order chi connectivity index (χ0) is 17.8. The molecule has 1 N–H and O–H groups in total. The van der Waals surface area contributed by atoms with E-state index in [9.17, 15) is 4.79 Å². The van der Waals surface area contributed by atoms with Crippen LogP contribution in [0.5, 0.6) is 5.75 Å². The third-order valence-electron chi connectivity index (χ3n) is 4.36. The standard InChI is InChI=1S/C21H23NO3/c1-4-22-20-17-13-15(24-3)11-12-16(17)18(14-9-7-6-8-10-14)19(20)21(23)25-5-2/h6-13,20,22H,4-5H2,1-3H3. The molecule has 4 heteroatoms. The number of methoxy groups -OCH3 is 1. The highest BCUT2D eigenvalue weighted by molar-refractivity contribution is 6.06. The number of fused-ring (bicyclic) bond motifs is 1. The maximum Gasteiger partial charge on any atom is 0.336 e. The van der Waals surface area contributed by atoms with E-state index >= 15 is 0 Å². The van der Waals surface area contributed by atoms with Gasteiger partial charge in [0.15, 0.2) is 0 Å². The number of carbonyl (C=O) groups excluding carboxylic acids is 1. The first kappa shape index (κ1) is 17.2. The summed E-state index contributed by atoms with van der Waals surface area (Å²) < 4.78 is 10.8. The van der Waals surface area contributed by atoms with Crippen LogP contribution >= 0.6 is 0 Å². The van der Waals surface area contributed by atoms with Crippen LogP contribution in [-0.4, -0.2) is 26.2 Å². The Morgan fingerprint density at radius 3 is 2.52 bits per heavy atom. The fourth-order valence-electron chi connectivity index (χ4n) is 3.34. The molecular weight excluding hydrogens is 314 g/mol. The summed E-state index contributed by atoms with van der Waals surface area (Å²) >= 11 is 0. The van der Waals surface area contributed by atoms with Gasteiger partial charge in [-0.3, -0.25) is 0 Å². The van der Waals surface area contributed by atoms with Crippen LogP contribution in [0.1, 0.15) is 36.6 Å². The van der Waals surface area contributed by atoms with Crippen molar-refractivity contribution in [2.75, 3.05) is 20.3 Å². The number of benzene rings is 2. The molecule has 0 saturated heterocycles. The molecule has 2 aromatic carbocycles. The van der Waals surface area contributed by atoms with Crippen molar-refractivity contribution in [1.82, 2.24) is 5.32 Å². The summed E-state index contributed by atoms with van der Waals surface area (Å²) in [5, 5.41) is 3.43. The Bertz CT molecular complexity index is 796. The first-order chi connectivity index (χ1) is 12.2. The van der Waals surface area contributed by atoms with E-state index in [1.807, 2.05) is 62.4 Å². The quantitative estimate of drug-likeness (QED) is 0.816. The smallest absolute Gasteiger partial charge is 0.336 e. The van der Waals surface area contributed by atoms with E-state index in [1.165, 1.54) is 0 Å². The van der Waals surface area contributed by atoms with Gasteiger partial charge in [-0.1, -0.05) is 43.3 Å². The van der Waals surface area contributed by atoms with E-state index in [1.54, 1.807) is 7.11 Å². The SMILES string of the molecule is CCNC1C(C(=O)OCC)=C(c2ccccc2)c2ccc(OC)cc21. The first-order valence-electron chi connectivity index (χ1n) is 8.59. The maximum atomic E-state index is 12.8. The molecule has 0 saturated carbocycles. The van der Waals surface area contributed by atoms with Gasteiger partial charge >= 0.3 is 5.97 Å². The van der Waals surface area contributed by atoms with Gasteiger partial charge in [-0.05, 0) is 42.3 Å². The molecule has 0 radical (unpaired) electrons. The first-order valence-corrected chi connectivity index (χ1v) is 8.59. The van der Waals surface area contributed by atoms with Gasteiger partial charge < -0.3 is 14.8 Å². The maximum absolute atomic E-state index is 12.8. The number of ether oxygens (including phenoxy) is 2. The summed E-state index contributed by atoms with van der Waals surface area (Å²) in [6, 6.07) is 15.7. The number of nitrogens with one attached hydrogen (secondary N) is 1. The predicted molar refractivity (Wildman–Crippen MR) is 98.5 cm³/mol. The summed E-state index contributed by atoms with van der Waals surface area (Å²) in [6.07, 6.45) is 0. The van der Waals surface area contributed by atoms with Crippen molar-refractivity contribution in [3.63, 3.8) is 0 Å². The molecule has 130 valence electrons. The monoisotopic (exact) mass is 337 g/mol. The Kier molecular flexibility index (Phi) is 5.19. The van der Waals surface area contributed by atoms with Crippen LogP contribution in [0.4, 0.5) is 0 Å². The van der Waals surface area contributed by atoms with E-state index in [4.69, 9.17) is 9.47 Å². The highest BCUT2D eigenvalue weighted by Crippen LogP contribution is 2.45. The van der Waals surface area contributed by atoms with Crippen molar-refractivity contribution in [2.24, 2.45) is 0 Å². The molecule has 1 unspecified atom stereocenters. The number of rotatable bonds is 6. The van der Waals surface area contributed by atoms with Crippen molar-refractivity contribution < 1.29 is 14.3 Å². The molecule has 0 spiro atoms. The van der Waals surface area contributed by atoms with E-state index in [0.29, 0.717) is 12.2 Å². The fraction of sp³-hybridized carbons (Fsp3) is 0.286. The Morgan fingerprint density at radius 2 is 1.88 bits per heavy atom. The van der Waals surface area contributed by atoms with Gasteiger partial charge in [0.1, 0.15) is 5.75 Å². The lowest BCUT2D eigenvalue weighted by Gasteiger charge is -2.17. The van der Waals surface area contributed by atoms with E-state index in [2.05, 4.69) is 5.32 Å². The lowest BCUT2D eigenvalue weighted by atomic mass is 9.97. The second kappa shape index (κ2) is 7.53. The number of esters is 1. The molecule has 0 fully saturated rings. The van der Waals surface area contributed by atoms with Crippen LogP contribution in [-0.2, 0) is 9.53 Å². The molecule has 0 amide bonds. The molecule has 1 aliphatic rings. The van der Waals surface area contributed by atoms with E-state index in [0.717, 1.165) is 34.6 Å². The summed E-state index contributed by atoms with van der Waals surface area (Å²) in [6.45, 7) is 4.95. The van der Waals surface area contributed by atoms with Gasteiger partial charge in [-0.2, -0.15) is 0 Å². The fourth-order valence-corrected chi connectivity index (χ4v) is 3.34. The lowest BCUT2D eigenvalue weighted by Crippen LogP contribution is -2.25. The summed E-state index contributed by atoms with van der Waals surface area (Å²) in [4.78, 5) is 12.8. The van der Waals surface area contributed by atoms with Gasteiger partial charge in [-0.25, -0.2) is 4.79 Å². The molecule has 3 rings (SSSR count). The zero-order valence-electron chi connectivity index (χ0n) is 14.8. The molecule has 1 atom stereocenters. The third kappa shape index (κ3) is 3.17. The van der Waals surface area contributed by atoms with Gasteiger partial charge in [0.2, 0.25) is 0 Å². The molecule has 25 heavy (non-hydrogen) atoms. The van der Waals surface area contributed by atoms with Crippen LogP contribution in [0, 0.1) is 0 Å². The Hall–Kier alpha value is -2.59. The predicted octanol–water partition coefficient (Wildman–Crippen LogP) is 3.72. The average molecular weight is 337 g/mol. The second-order valence-corrected chi connectivity index (χ2v) is 5.82. The Labute approximate surface area is 148 Å². The highest BCUT2D eigenvalue weighted by Gasteiger charge is 2.36. The molecule has 0 aromatic heterocycles.